The molecule has 0 fully saturated rings. The maximum atomic E-state index is 5.93. The maximum Gasteiger partial charge on any atom is 0.172 e. The summed E-state index contributed by atoms with van der Waals surface area (Å²) < 4.78 is 10.2. The SMILES string of the molecule is COC(OC)C(N)Cc1ccc(Cl)c(Cl)c1. The summed E-state index contributed by atoms with van der Waals surface area (Å²) in [5, 5.41) is 1.06. The van der Waals surface area contributed by atoms with E-state index < -0.39 is 6.29 Å². The molecule has 0 aromatic heterocycles. The van der Waals surface area contributed by atoms with Crippen molar-refractivity contribution in [2.45, 2.75) is 18.8 Å². The topological polar surface area (TPSA) is 44.5 Å². The van der Waals surface area contributed by atoms with Crippen LogP contribution in [0.4, 0.5) is 0 Å². The smallest absolute Gasteiger partial charge is 0.172 e. The summed E-state index contributed by atoms with van der Waals surface area (Å²) in [5.74, 6) is 0. The van der Waals surface area contributed by atoms with Crippen molar-refractivity contribution >= 4 is 23.2 Å². The molecule has 16 heavy (non-hydrogen) atoms. The van der Waals surface area contributed by atoms with E-state index in [4.69, 9.17) is 38.4 Å². The third kappa shape index (κ3) is 3.61. The molecule has 0 aliphatic rings. The Labute approximate surface area is 105 Å². The van der Waals surface area contributed by atoms with Crippen LogP contribution in [-0.2, 0) is 15.9 Å². The van der Waals surface area contributed by atoms with Crippen molar-refractivity contribution in [3.8, 4) is 0 Å². The van der Waals surface area contributed by atoms with Crippen LogP contribution >= 0.6 is 23.2 Å². The van der Waals surface area contributed by atoms with Gasteiger partial charge in [-0.15, -0.1) is 0 Å². The summed E-state index contributed by atoms with van der Waals surface area (Å²) in [5.41, 5.74) is 6.93. The van der Waals surface area contributed by atoms with Crippen LogP contribution in [0, 0.1) is 0 Å². The van der Waals surface area contributed by atoms with Crippen molar-refractivity contribution in [1.29, 1.82) is 0 Å². The Morgan fingerprint density at radius 3 is 2.31 bits per heavy atom. The van der Waals surface area contributed by atoms with Gasteiger partial charge in [-0.3, -0.25) is 0 Å². The number of hydrogen-bond acceptors (Lipinski definition) is 3. The molecule has 3 nitrogen and oxygen atoms in total. The van der Waals surface area contributed by atoms with Gasteiger partial charge in [-0.1, -0.05) is 29.3 Å². The van der Waals surface area contributed by atoms with Gasteiger partial charge in [-0.2, -0.15) is 0 Å². The van der Waals surface area contributed by atoms with Crippen molar-refractivity contribution in [3.05, 3.63) is 33.8 Å². The van der Waals surface area contributed by atoms with Crippen LogP contribution in [0.1, 0.15) is 5.56 Å². The fraction of sp³-hybridized carbons (Fsp3) is 0.455. The second kappa shape index (κ2) is 6.42. The molecule has 1 rings (SSSR count). The number of methoxy groups -OCH3 is 2. The van der Waals surface area contributed by atoms with E-state index in [1.54, 1.807) is 26.4 Å². The summed E-state index contributed by atoms with van der Waals surface area (Å²) in [6, 6.07) is 5.19. The summed E-state index contributed by atoms with van der Waals surface area (Å²) in [6.07, 6.45) is 0.193. The van der Waals surface area contributed by atoms with E-state index >= 15 is 0 Å². The number of ether oxygens (including phenoxy) is 2. The van der Waals surface area contributed by atoms with E-state index in [0.717, 1.165) is 5.56 Å². The fourth-order valence-electron chi connectivity index (χ4n) is 1.48. The van der Waals surface area contributed by atoms with E-state index in [-0.39, 0.29) is 6.04 Å². The molecule has 2 N–H and O–H groups in total. The molecule has 0 saturated heterocycles. The Balaban J connectivity index is 2.69. The number of benzene rings is 1. The number of rotatable bonds is 5. The Morgan fingerprint density at radius 2 is 1.81 bits per heavy atom. The average molecular weight is 264 g/mol. The summed E-state index contributed by atoms with van der Waals surface area (Å²) in [4.78, 5) is 0. The zero-order valence-electron chi connectivity index (χ0n) is 9.24. The van der Waals surface area contributed by atoms with Gasteiger partial charge in [0.25, 0.3) is 0 Å². The molecule has 1 aromatic rings. The zero-order chi connectivity index (χ0) is 12.1. The van der Waals surface area contributed by atoms with Crippen LogP contribution in [-0.4, -0.2) is 26.6 Å². The second-order valence-electron chi connectivity index (χ2n) is 3.46. The molecule has 1 aromatic carbocycles. The van der Waals surface area contributed by atoms with Crippen molar-refractivity contribution in [2.75, 3.05) is 14.2 Å². The van der Waals surface area contributed by atoms with Gasteiger partial charge in [0.05, 0.1) is 16.1 Å². The van der Waals surface area contributed by atoms with Gasteiger partial charge >= 0.3 is 0 Å². The van der Waals surface area contributed by atoms with Crippen LogP contribution in [0.2, 0.25) is 10.0 Å². The molecule has 5 heteroatoms. The maximum absolute atomic E-state index is 5.93. The van der Waals surface area contributed by atoms with Gasteiger partial charge in [0.15, 0.2) is 6.29 Å². The van der Waals surface area contributed by atoms with Crippen LogP contribution in [0.15, 0.2) is 18.2 Å². The molecular formula is C11H15Cl2NO2. The first-order valence-corrected chi connectivity index (χ1v) is 5.59. The third-order valence-electron chi connectivity index (χ3n) is 2.27. The highest BCUT2D eigenvalue weighted by Crippen LogP contribution is 2.23. The summed E-state index contributed by atoms with van der Waals surface area (Å²) >= 11 is 11.7. The largest absolute Gasteiger partial charge is 0.354 e. The van der Waals surface area contributed by atoms with Gasteiger partial charge < -0.3 is 15.2 Å². The van der Waals surface area contributed by atoms with Crippen LogP contribution in [0.5, 0.6) is 0 Å². The van der Waals surface area contributed by atoms with Gasteiger partial charge in [0, 0.05) is 14.2 Å². The van der Waals surface area contributed by atoms with Crippen molar-refractivity contribution in [1.82, 2.24) is 0 Å². The van der Waals surface area contributed by atoms with Gasteiger partial charge in [-0.25, -0.2) is 0 Å². The average Bonchev–Trinajstić information content (AvgIpc) is 2.25. The van der Waals surface area contributed by atoms with Crippen molar-refractivity contribution in [2.24, 2.45) is 5.73 Å². The quantitative estimate of drug-likeness (QED) is 0.831. The lowest BCUT2D eigenvalue weighted by Gasteiger charge is -2.21. The minimum Gasteiger partial charge on any atom is -0.354 e. The lowest BCUT2D eigenvalue weighted by atomic mass is 10.1. The standard InChI is InChI=1S/C11H15Cl2NO2/c1-15-11(16-2)10(14)6-7-3-4-8(12)9(13)5-7/h3-5,10-11H,6,14H2,1-2H3. The molecule has 0 aliphatic carbocycles. The Kier molecular flexibility index (Phi) is 5.52. The highest BCUT2D eigenvalue weighted by Gasteiger charge is 2.17. The first-order chi connectivity index (χ1) is 7.58. The predicted octanol–water partition coefficient (Wildman–Crippen LogP) is 2.48. The monoisotopic (exact) mass is 263 g/mol. The van der Waals surface area contributed by atoms with E-state index in [9.17, 15) is 0 Å². The molecule has 0 amide bonds. The Bertz CT molecular complexity index is 343. The van der Waals surface area contributed by atoms with E-state index in [1.807, 2.05) is 6.07 Å². The molecule has 1 atom stereocenters. The fourth-order valence-corrected chi connectivity index (χ4v) is 1.80. The van der Waals surface area contributed by atoms with Gasteiger partial charge in [0.1, 0.15) is 0 Å². The first-order valence-electron chi connectivity index (χ1n) is 4.83. The zero-order valence-corrected chi connectivity index (χ0v) is 10.8. The summed E-state index contributed by atoms with van der Waals surface area (Å²) in [7, 11) is 3.12. The Morgan fingerprint density at radius 1 is 1.19 bits per heavy atom. The van der Waals surface area contributed by atoms with Crippen LogP contribution in [0.25, 0.3) is 0 Å². The summed E-state index contributed by atoms with van der Waals surface area (Å²) in [6.45, 7) is 0. The van der Waals surface area contributed by atoms with Crippen molar-refractivity contribution in [3.63, 3.8) is 0 Å². The van der Waals surface area contributed by atoms with E-state index in [2.05, 4.69) is 0 Å². The lowest BCUT2D eigenvalue weighted by Crippen LogP contribution is -2.39. The molecular weight excluding hydrogens is 249 g/mol. The highest BCUT2D eigenvalue weighted by molar-refractivity contribution is 6.42. The molecule has 0 aliphatic heterocycles. The minimum atomic E-state index is -0.422. The number of hydrogen-bond donors (Lipinski definition) is 1. The highest BCUT2D eigenvalue weighted by atomic mass is 35.5. The normalized spacial score (nSPS) is 13.1. The molecule has 0 spiro atoms. The number of nitrogens with two attached hydrogens (primary N) is 1. The first kappa shape index (κ1) is 13.7. The van der Waals surface area contributed by atoms with E-state index in [0.29, 0.717) is 16.5 Å². The Hall–Kier alpha value is -0.320. The second-order valence-corrected chi connectivity index (χ2v) is 4.27. The minimum absolute atomic E-state index is 0.243. The molecule has 0 radical (unpaired) electrons. The van der Waals surface area contributed by atoms with Gasteiger partial charge in [0.2, 0.25) is 0 Å². The molecule has 0 saturated carbocycles. The molecule has 90 valence electrons. The van der Waals surface area contributed by atoms with Gasteiger partial charge in [-0.05, 0) is 24.1 Å². The molecule has 0 bridgehead atoms. The predicted molar refractivity (Wildman–Crippen MR) is 65.9 cm³/mol. The van der Waals surface area contributed by atoms with E-state index in [1.165, 1.54) is 0 Å². The molecule has 0 heterocycles. The molecule has 1 unspecified atom stereocenters. The van der Waals surface area contributed by atoms with Crippen molar-refractivity contribution < 1.29 is 9.47 Å². The van der Waals surface area contributed by atoms with Crippen LogP contribution < -0.4 is 5.73 Å². The lowest BCUT2D eigenvalue weighted by molar-refractivity contribution is -0.115. The third-order valence-corrected chi connectivity index (χ3v) is 3.01. The van der Waals surface area contributed by atoms with Crippen LogP contribution in [0.3, 0.4) is 0 Å². The number of halogens is 2.